The van der Waals surface area contributed by atoms with Crippen molar-refractivity contribution in [2.45, 2.75) is 45.6 Å². The molecule has 3 nitrogen and oxygen atoms in total. The smallest absolute Gasteiger partial charge is 0.262 e. The quantitative estimate of drug-likeness (QED) is 0.920. The van der Waals surface area contributed by atoms with Crippen molar-refractivity contribution in [2.75, 3.05) is 0 Å². The zero-order chi connectivity index (χ0) is 14.3. The Labute approximate surface area is 127 Å². The van der Waals surface area contributed by atoms with E-state index < -0.39 is 0 Å². The molecule has 3 rings (SSSR count). The van der Waals surface area contributed by atoms with Gasteiger partial charge < -0.3 is 5.32 Å². The zero-order valence-electron chi connectivity index (χ0n) is 11.9. The third kappa shape index (κ3) is 2.65. The Hall–Kier alpha value is -1.20. The Morgan fingerprint density at radius 3 is 2.80 bits per heavy atom. The average Bonchev–Trinajstić information content (AvgIpc) is 3.01. The molecule has 2 aromatic heterocycles. The van der Waals surface area contributed by atoms with Gasteiger partial charge in [-0.05, 0) is 56.5 Å². The van der Waals surface area contributed by atoms with Crippen LogP contribution in [0.25, 0.3) is 0 Å². The van der Waals surface area contributed by atoms with E-state index in [1.54, 1.807) is 22.7 Å². The summed E-state index contributed by atoms with van der Waals surface area (Å²) in [7, 11) is 0. The van der Waals surface area contributed by atoms with Crippen molar-refractivity contribution in [2.24, 2.45) is 0 Å². The highest BCUT2D eigenvalue weighted by Gasteiger charge is 2.29. The number of thiophene rings is 1. The van der Waals surface area contributed by atoms with Crippen LogP contribution in [0.3, 0.4) is 0 Å². The number of hydrogen-bond acceptors (Lipinski definition) is 4. The lowest BCUT2D eigenvalue weighted by molar-refractivity contribution is 0.0943. The molecule has 2 heterocycles. The first-order valence-electron chi connectivity index (χ1n) is 6.88. The minimum absolute atomic E-state index is 0.0165. The van der Waals surface area contributed by atoms with Gasteiger partial charge in [-0.15, -0.1) is 22.7 Å². The van der Waals surface area contributed by atoms with Crippen LogP contribution in [0, 0.1) is 13.8 Å². The van der Waals surface area contributed by atoms with Gasteiger partial charge in [0.2, 0.25) is 0 Å². The maximum Gasteiger partial charge on any atom is 0.262 e. The second-order valence-corrected chi connectivity index (χ2v) is 7.51. The Balaban J connectivity index is 1.75. The molecule has 1 unspecified atom stereocenters. The minimum atomic E-state index is 0.0165. The second-order valence-electron chi connectivity index (χ2n) is 5.36. The summed E-state index contributed by atoms with van der Waals surface area (Å²) in [5.41, 5.74) is 2.26. The van der Waals surface area contributed by atoms with E-state index in [0.29, 0.717) is 5.92 Å². The van der Waals surface area contributed by atoms with E-state index in [9.17, 15) is 4.79 Å². The zero-order valence-corrected chi connectivity index (χ0v) is 13.5. The Morgan fingerprint density at radius 1 is 1.45 bits per heavy atom. The SMILES string of the molecule is Cc1nc(C)c(C(C)NC(=O)c2sccc2C2CC2)s1. The fourth-order valence-corrected chi connectivity index (χ4v) is 4.31. The molecule has 0 radical (unpaired) electrons. The summed E-state index contributed by atoms with van der Waals surface area (Å²) >= 11 is 3.21. The van der Waals surface area contributed by atoms with Crippen LogP contribution in [-0.2, 0) is 0 Å². The molecule has 1 atom stereocenters. The molecule has 20 heavy (non-hydrogen) atoms. The minimum Gasteiger partial charge on any atom is -0.344 e. The van der Waals surface area contributed by atoms with E-state index in [1.165, 1.54) is 18.4 Å². The molecule has 1 aliphatic carbocycles. The third-order valence-electron chi connectivity index (χ3n) is 3.60. The third-order valence-corrected chi connectivity index (χ3v) is 5.78. The van der Waals surface area contributed by atoms with Crippen LogP contribution >= 0.6 is 22.7 Å². The predicted octanol–water partition coefficient (Wildman–Crippen LogP) is 4.19. The van der Waals surface area contributed by atoms with Gasteiger partial charge in [-0.25, -0.2) is 4.98 Å². The van der Waals surface area contributed by atoms with E-state index in [1.807, 2.05) is 26.2 Å². The van der Waals surface area contributed by atoms with Crippen molar-refractivity contribution in [1.82, 2.24) is 10.3 Å². The summed E-state index contributed by atoms with van der Waals surface area (Å²) in [6.07, 6.45) is 2.44. The van der Waals surface area contributed by atoms with Gasteiger partial charge in [0.05, 0.1) is 21.6 Å². The summed E-state index contributed by atoms with van der Waals surface area (Å²) in [6.45, 7) is 6.03. The Bertz CT molecular complexity index is 640. The molecule has 1 N–H and O–H groups in total. The molecule has 1 amide bonds. The summed E-state index contributed by atoms with van der Waals surface area (Å²) in [4.78, 5) is 18.9. The van der Waals surface area contributed by atoms with Crippen LogP contribution < -0.4 is 5.32 Å². The molecule has 0 aromatic carbocycles. The first-order valence-corrected chi connectivity index (χ1v) is 8.58. The molecule has 1 saturated carbocycles. The van der Waals surface area contributed by atoms with Gasteiger partial charge in [0.25, 0.3) is 5.91 Å². The largest absolute Gasteiger partial charge is 0.344 e. The fourth-order valence-electron chi connectivity index (χ4n) is 2.50. The van der Waals surface area contributed by atoms with Crippen molar-refractivity contribution < 1.29 is 4.79 Å². The number of nitrogens with one attached hydrogen (secondary N) is 1. The van der Waals surface area contributed by atoms with Crippen molar-refractivity contribution >= 4 is 28.6 Å². The van der Waals surface area contributed by atoms with Crippen LogP contribution in [0.2, 0.25) is 0 Å². The van der Waals surface area contributed by atoms with Gasteiger partial charge in [0, 0.05) is 4.88 Å². The molecule has 0 saturated heterocycles. The van der Waals surface area contributed by atoms with Crippen molar-refractivity contribution in [3.05, 3.63) is 37.5 Å². The van der Waals surface area contributed by atoms with E-state index >= 15 is 0 Å². The van der Waals surface area contributed by atoms with Crippen LogP contribution in [0.5, 0.6) is 0 Å². The first kappa shape index (κ1) is 13.8. The standard InChI is InChI=1S/C15H18N2OS2/c1-8-13(20-10(3)16-8)9(2)17-15(18)14-12(6-7-19-14)11-4-5-11/h6-7,9,11H,4-5H2,1-3H3,(H,17,18). The molecule has 1 aliphatic rings. The van der Waals surface area contributed by atoms with Crippen LogP contribution in [-0.4, -0.2) is 10.9 Å². The number of nitrogens with zero attached hydrogens (tertiary/aromatic N) is 1. The Morgan fingerprint density at radius 2 is 2.20 bits per heavy atom. The molecular formula is C15H18N2OS2. The van der Waals surface area contributed by atoms with E-state index in [-0.39, 0.29) is 11.9 Å². The average molecular weight is 306 g/mol. The molecule has 2 aromatic rings. The first-order chi connectivity index (χ1) is 9.56. The number of carbonyl (C=O) groups excluding carboxylic acids is 1. The number of hydrogen-bond donors (Lipinski definition) is 1. The highest BCUT2D eigenvalue weighted by Crippen LogP contribution is 2.43. The molecule has 5 heteroatoms. The summed E-state index contributed by atoms with van der Waals surface area (Å²) < 4.78 is 0. The lowest BCUT2D eigenvalue weighted by Gasteiger charge is -2.13. The molecule has 0 aliphatic heterocycles. The molecule has 106 valence electrons. The van der Waals surface area contributed by atoms with Crippen molar-refractivity contribution in [1.29, 1.82) is 0 Å². The van der Waals surface area contributed by atoms with Gasteiger partial charge >= 0.3 is 0 Å². The highest BCUT2D eigenvalue weighted by atomic mass is 32.1. The summed E-state index contributed by atoms with van der Waals surface area (Å²) in [5, 5.41) is 6.19. The van der Waals surface area contributed by atoms with Gasteiger partial charge in [-0.3, -0.25) is 4.79 Å². The Kier molecular flexibility index (Phi) is 3.65. The maximum atomic E-state index is 12.4. The fraction of sp³-hybridized carbons (Fsp3) is 0.467. The lowest BCUT2D eigenvalue weighted by Crippen LogP contribution is -2.26. The van der Waals surface area contributed by atoms with E-state index in [4.69, 9.17) is 0 Å². The van der Waals surface area contributed by atoms with Crippen LogP contribution in [0.4, 0.5) is 0 Å². The summed E-state index contributed by atoms with van der Waals surface area (Å²) in [6, 6.07) is 2.12. The number of carbonyl (C=O) groups is 1. The van der Waals surface area contributed by atoms with Crippen molar-refractivity contribution in [3.63, 3.8) is 0 Å². The predicted molar refractivity (Wildman–Crippen MR) is 83.8 cm³/mol. The second kappa shape index (κ2) is 5.30. The normalized spacial score (nSPS) is 16.1. The molecular weight excluding hydrogens is 288 g/mol. The highest BCUT2D eigenvalue weighted by molar-refractivity contribution is 7.12. The van der Waals surface area contributed by atoms with Gasteiger partial charge in [-0.2, -0.15) is 0 Å². The van der Waals surface area contributed by atoms with Gasteiger partial charge in [0.1, 0.15) is 0 Å². The number of aryl methyl sites for hydroxylation is 2. The number of aromatic nitrogens is 1. The topological polar surface area (TPSA) is 42.0 Å². The van der Waals surface area contributed by atoms with Crippen molar-refractivity contribution in [3.8, 4) is 0 Å². The molecule has 1 fully saturated rings. The number of amides is 1. The van der Waals surface area contributed by atoms with Crippen LogP contribution in [0.15, 0.2) is 11.4 Å². The summed E-state index contributed by atoms with van der Waals surface area (Å²) in [5.74, 6) is 0.671. The molecule has 0 bridgehead atoms. The van der Waals surface area contributed by atoms with E-state index in [2.05, 4.69) is 16.4 Å². The van der Waals surface area contributed by atoms with Crippen LogP contribution in [0.1, 0.15) is 62.5 Å². The monoisotopic (exact) mass is 306 g/mol. The van der Waals surface area contributed by atoms with Gasteiger partial charge in [-0.1, -0.05) is 0 Å². The number of thiazole rings is 1. The molecule has 0 spiro atoms. The lowest BCUT2D eigenvalue weighted by atomic mass is 10.1. The van der Waals surface area contributed by atoms with Gasteiger partial charge in [0.15, 0.2) is 0 Å². The maximum absolute atomic E-state index is 12.4. The van der Waals surface area contributed by atoms with E-state index in [0.717, 1.165) is 20.5 Å². The number of rotatable bonds is 4.